The number of benzene rings is 2. The Labute approximate surface area is 117 Å². The molecule has 0 saturated heterocycles. The predicted molar refractivity (Wildman–Crippen MR) is 77.0 cm³/mol. The summed E-state index contributed by atoms with van der Waals surface area (Å²) >= 11 is 5.95. The van der Waals surface area contributed by atoms with Crippen LogP contribution in [0.1, 0.15) is 21.5 Å². The van der Waals surface area contributed by atoms with Crippen molar-refractivity contribution in [2.75, 3.05) is 12.8 Å². The number of nitrogen functional groups attached to an aromatic ring is 1. The molecule has 2 rings (SSSR count). The number of carbonyl (C=O) groups excluding carboxylic acids is 1. The molecule has 0 bridgehead atoms. The molecule has 0 radical (unpaired) electrons. The predicted octanol–water partition coefficient (Wildman–Crippen LogP) is 3.47. The molecule has 0 unspecified atom stereocenters. The zero-order chi connectivity index (χ0) is 14.0. The van der Waals surface area contributed by atoms with Crippen molar-refractivity contribution in [1.82, 2.24) is 0 Å². The van der Waals surface area contributed by atoms with Gasteiger partial charge in [0, 0.05) is 16.8 Å². The highest BCUT2D eigenvalue weighted by molar-refractivity contribution is 6.32. The third kappa shape index (κ3) is 2.56. The van der Waals surface area contributed by atoms with Gasteiger partial charge in [-0.2, -0.15) is 0 Å². The molecule has 2 aromatic carbocycles. The van der Waals surface area contributed by atoms with Gasteiger partial charge in [-0.05, 0) is 36.8 Å². The Morgan fingerprint density at radius 3 is 2.68 bits per heavy atom. The van der Waals surface area contributed by atoms with Crippen molar-refractivity contribution >= 4 is 23.1 Å². The first-order valence-electron chi connectivity index (χ1n) is 5.78. The highest BCUT2D eigenvalue weighted by atomic mass is 35.5. The molecule has 0 fully saturated rings. The molecule has 0 aliphatic heterocycles. The smallest absolute Gasteiger partial charge is 0.193 e. The molecule has 0 aromatic heterocycles. The van der Waals surface area contributed by atoms with Gasteiger partial charge in [0.1, 0.15) is 5.75 Å². The van der Waals surface area contributed by atoms with Crippen LogP contribution in [0.15, 0.2) is 36.4 Å². The molecule has 0 heterocycles. The van der Waals surface area contributed by atoms with Crippen molar-refractivity contribution < 1.29 is 9.53 Å². The van der Waals surface area contributed by atoms with Gasteiger partial charge in [0.05, 0.1) is 12.1 Å². The summed E-state index contributed by atoms with van der Waals surface area (Å²) in [4.78, 5) is 12.4. The minimum atomic E-state index is -0.0974. The third-order valence-electron chi connectivity index (χ3n) is 3.03. The lowest BCUT2D eigenvalue weighted by molar-refractivity contribution is 0.103. The van der Waals surface area contributed by atoms with Gasteiger partial charge in [0.25, 0.3) is 0 Å². The van der Waals surface area contributed by atoms with Crippen molar-refractivity contribution in [3.8, 4) is 5.75 Å². The van der Waals surface area contributed by atoms with Gasteiger partial charge >= 0.3 is 0 Å². The fourth-order valence-corrected chi connectivity index (χ4v) is 2.05. The Balaban J connectivity index is 2.47. The first-order valence-corrected chi connectivity index (χ1v) is 6.15. The van der Waals surface area contributed by atoms with E-state index in [1.807, 2.05) is 6.92 Å². The zero-order valence-corrected chi connectivity index (χ0v) is 11.5. The number of halogens is 1. The molecule has 0 aliphatic rings. The summed E-state index contributed by atoms with van der Waals surface area (Å²) in [6.45, 7) is 1.83. The lowest BCUT2D eigenvalue weighted by Crippen LogP contribution is -2.06. The second kappa shape index (κ2) is 5.33. The van der Waals surface area contributed by atoms with Crippen LogP contribution in [0.2, 0.25) is 5.02 Å². The van der Waals surface area contributed by atoms with E-state index in [4.69, 9.17) is 22.1 Å². The van der Waals surface area contributed by atoms with Gasteiger partial charge in [-0.25, -0.2) is 0 Å². The monoisotopic (exact) mass is 275 g/mol. The van der Waals surface area contributed by atoms with Crippen LogP contribution in [-0.2, 0) is 0 Å². The van der Waals surface area contributed by atoms with E-state index in [-0.39, 0.29) is 5.78 Å². The summed E-state index contributed by atoms with van der Waals surface area (Å²) in [5.74, 6) is 0.383. The molecule has 4 heteroatoms. The van der Waals surface area contributed by atoms with Gasteiger partial charge in [0.15, 0.2) is 5.78 Å². The lowest BCUT2D eigenvalue weighted by atomic mass is 9.98. The summed E-state index contributed by atoms with van der Waals surface area (Å²) in [5.41, 5.74) is 8.31. The van der Waals surface area contributed by atoms with Crippen molar-refractivity contribution in [1.29, 1.82) is 0 Å². The topological polar surface area (TPSA) is 52.3 Å². The number of rotatable bonds is 3. The Hall–Kier alpha value is -2.00. The molecule has 2 N–H and O–H groups in total. The van der Waals surface area contributed by atoms with Crippen LogP contribution in [0.5, 0.6) is 5.75 Å². The molecule has 3 nitrogen and oxygen atoms in total. The number of nitrogens with two attached hydrogens (primary N) is 1. The van der Waals surface area contributed by atoms with E-state index < -0.39 is 0 Å². The average molecular weight is 276 g/mol. The summed E-state index contributed by atoms with van der Waals surface area (Å²) in [6.07, 6.45) is 0. The molecule has 98 valence electrons. The molecule has 0 amide bonds. The molecule has 0 spiro atoms. The summed E-state index contributed by atoms with van der Waals surface area (Å²) in [5, 5.41) is 0.475. The van der Waals surface area contributed by atoms with Crippen LogP contribution < -0.4 is 10.5 Å². The number of carbonyl (C=O) groups is 1. The van der Waals surface area contributed by atoms with Crippen LogP contribution in [0, 0.1) is 6.92 Å². The van der Waals surface area contributed by atoms with Crippen molar-refractivity contribution in [3.63, 3.8) is 0 Å². The zero-order valence-electron chi connectivity index (χ0n) is 10.7. The molecular formula is C15H14ClNO2. The molecule has 0 atom stereocenters. The highest BCUT2D eigenvalue weighted by Gasteiger charge is 2.14. The van der Waals surface area contributed by atoms with Crippen LogP contribution in [-0.4, -0.2) is 12.9 Å². The minimum Gasteiger partial charge on any atom is -0.495 e. The Kier molecular flexibility index (Phi) is 3.76. The second-order valence-electron chi connectivity index (χ2n) is 4.20. The Morgan fingerprint density at radius 1 is 1.26 bits per heavy atom. The fourth-order valence-electron chi connectivity index (χ4n) is 1.86. The van der Waals surface area contributed by atoms with E-state index in [1.54, 1.807) is 36.4 Å². The fraction of sp³-hybridized carbons (Fsp3) is 0.133. The van der Waals surface area contributed by atoms with E-state index in [1.165, 1.54) is 7.11 Å². The van der Waals surface area contributed by atoms with E-state index >= 15 is 0 Å². The average Bonchev–Trinajstić information content (AvgIpc) is 2.41. The first-order chi connectivity index (χ1) is 9.04. The van der Waals surface area contributed by atoms with E-state index in [0.717, 1.165) is 5.56 Å². The Morgan fingerprint density at radius 2 is 2.00 bits per heavy atom. The molecule has 19 heavy (non-hydrogen) atoms. The first kappa shape index (κ1) is 13.4. The summed E-state index contributed by atoms with van der Waals surface area (Å²) < 4.78 is 5.12. The van der Waals surface area contributed by atoms with Crippen LogP contribution in [0.3, 0.4) is 0 Å². The number of ketones is 1. The summed E-state index contributed by atoms with van der Waals surface area (Å²) in [6, 6.07) is 10.3. The number of ether oxygens (including phenoxy) is 1. The summed E-state index contributed by atoms with van der Waals surface area (Å²) in [7, 11) is 1.52. The molecular weight excluding hydrogens is 262 g/mol. The van der Waals surface area contributed by atoms with Crippen LogP contribution >= 0.6 is 11.6 Å². The lowest BCUT2D eigenvalue weighted by Gasteiger charge is -2.09. The van der Waals surface area contributed by atoms with Crippen molar-refractivity contribution in [3.05, 3.63) is 58.1 Å². The van der Waals surface area contributed by atoms with Crippen molar-refractivity contribution in [2.24, 2.45) is 0 Å². The van der Waals surface area contributed by atoms with Gasteiger partial charge in [-0.3, -0.25) is 4.79 Å². The number of anilines is 1. The normalized spacial score (nSPS) is 10.3. The van der Waals surface area contributed by atoms with Gasteiger partial charge in [0.2, 0.25) is 0 Å². The quantitative estimate of drug-likeness (QED) is 0.689. The van der Waals surface area contributed by atoms with E-state index in [0.29, 0.717) is 27.6 Å². The van der Waals surface area contributed by atoms with Gasteiger partial charge < -0.3 is 10.5 Å². The number of hydrogen-bond acceptors (Lipinski definition) is 3. The van der Waals surface area contributed by atoms with Crippen LogP contribution in [0.4, 0.5) is 5.69 Å². The van der Waals surface area contributed by atoms with E-state index in [9.17, 15) is 4.79 Å². The highest BCUT2D eigenvalue weighted by Crippen LogP contribution is 2.27. The van der Waals surface area contributed by atoms with Crippen LogP contribution in [0.25, 0.3) is 0 Å². The van der Waals surface area contributed by atoms with Crippen molar-refractivity contribution in [2.45, 2.75) is 6.92 Å². The third-order valence-corrected chi connectivity index (χ3v) is 3.35. The minimum absolute atomic E-state index is 0.0974. The Bertz CT molecular complexity index is 638. The number of hydrogen-bond donors (Lipinski definition) is 1. The maximum atomic E-state index is 12.4. The second-order valence-corrected chi connectivity index (χ2v) is 4.61. The molecule has 0 aliphatic carbocycles. The molecule has 2 aromatic rings. The van der Waals surface area contributed by atoms with E-state index in [2.05, 4.69) is 0 Å². The standard InChI is InChI=1S/C15H14ClNO2/c1-9-11(4-3-5-13(9)17)15(18)10-6-7-12(16)14(8-10)19-2/h3-8H,17H2,1-2H3. The van der Waals surface area contributed by atoms with Gasteiger partial charge in [-0.1, -0.05) is 23.7 Å². The SMILES string of the molecule is COc1cc(C(=O)c2cccc(N)c2C)ccc1Cl. The number of methoxy groups -OCH3 is 1. The maximum Gasteiger partial charge on any atom is 0.193 e. The molecule has 0 saturated carbocycles. The van der Waals surface area contributed by atoms with Gasteiger partial charge in [-0.15, -0.1) is 0 Å². The maximum absolute atomic E-state index is 12.4. The largest absolute Gasteiger partial charge is 0.495 e.